The number of unbranched alkanes of at least 4 members (excludes halogenated alkanes) is 1. The fraction of sp³-hybridized carbons (Fsp3) is 1.00. The molecule has 0 radical (unpaired) electrons. The molecule has 0 aliphatic heterocycles. The van der Waals surface area contributed by atoms with Crippen LogP contribution in [-0.2, 0) is 0 Å². The summed E-state index contributed by atoms with van der Waals surface area (Å²) in [6.45, 7) is 15.2. The molecule has 0 aromatic heterocycles. The minimum Gasteiger partial charge on any atom is -0.316 e. The summed E-state index contributed by atoms with van der Waals surface area (Å²) in [5.74, 6) is 0.775. The maximum atomic E-state index is 3.50. The average molecular weight is 228 g/mol. The quantitative estimate of drug-likeness (QED) is 0.547. The lowest BCUT2D eigenvalue weighted by atomic mass is 10.2. The minimum atomic E-state index is 0.775. The monoisotopic (exact) mass is 228 g/mol. The van der Waals surface area contributed by atoms with Crippen LogP contribution in [0.4, 0.5) is 0 Å². The second-order valence-corrected chi connectivity index (χ2v) is 5.15. The average Bonchev–Trinajstić information content (AvgIpc) is 2.23. The normalized spacial score (nSPS) is 11.6. The van der Waals surface area contributed by atoms with Gasteiger partial charge in [0.2, 0.25) is 0 Å². The maximum absolute atomic E-state index is 3.50. The van der Waals surface area contributed by atoms with Gasteiger partial charge in [-0.2, -0.15) is 0 Å². The van der Waals surface area contributed by atoms with Gasteiger partial charge in [0.1, 0.15) is 0 Å². The molecule has 0 aliphatic rings. The van der Waals surface area contributed by atoms with Gasteiger partial charge in [-0.3, -0.25) is 0 Å². The molecule has 2 nitrogen and oxygen atoms in total. The van der Waals surface area contributed by atoms with Gasteiger partial charge >= 0.3 is 0 Å². The molecular weight excluding hydrogens is 196 g/mol. The van der Waals surface area contributed by atoms with Crippen molar-refractivity contribution in [1.82, 2.24) is 10.2 Å². The summed E-state index contributed by atoms with van der Waals surface area (Å²) >= 11 is 0. The van der Waals surface area contributed by atoms with E-state index in [1.165, 1.54) is 51.9 Å². The first kappa shape index (κ1) is 15.9. The Bertz CT molecular complexity index is 129. The van der Waals surface area contributed by atoms with Gasteiger partial charge in [0, 0.05) is 0 Å². The Hall–Kier alpha value is -0.0800. The van der Waals surface area contributed by atoms with E-state index in [0.29, 0.717) is 0 Å². The third-order valence-electron chi connectivity index (χ3n) is 2.71. The summed E-state index contributed by atoms with van der Waals surface area (Å²) in [6.07, 6.45) is 5.22. The smallest absolute Gasteiger partial charge is 0.00183 e. The molecule has 98 valence electrons. The SMILES string of the molecule is CCCN(CCC)CCCCNCC(C)C. The highest BCUT2D eigenvalue weighted by Gasteiger charge is 2.01. The van der Waals surface area contributed by atoms with E-state index < -0.39 is 0 Å². The van der Waals surface area contributed by atoms with Crippen molar-refractivity contribution >= 4 is 0 Å². The lowest BCUT2D eigenvalue weighted by Gasteiger charge is -2.20. The van der Waals surface area contributed by atoms with E-state index in [-0.39, 0.29) is 0 Å². The highest BCUT2D eigenvalue weighted by molar-refractivity contribution is 4.58. The Morgan fingerprint density at radius 2 is 1.56 bits per heavy atom. The molecule has 0 rings (SSSR count). The molecule has 0 atom stereocenters. The van der Waals surface area contributed by atoms with Crippen molar-refractivity contribution < 1.29 is 0 Å². The van der Waals surface area contributed by atoms with E-state index in [4.69, 9.17) is 0 Å². The largest absolute Gasteiger partial charge is 0.316 e. The number of hydrogen-bond donors (Lipinski definition) is 1. The fourth-order valence-corrected chi connectivity index (χ4v) is 1.94. The highest BCUT2D eigenvalue weighted by atomic mass is 15.1. The van der Waals surface area contributed by atoms with E-state index >= 15 is 0 Å². The number of nitrogens with zero attached hydrogens (tertiary/aromatic N) is 1. The molecule has 0 aromatic carbocycles. The molecule has 0 aromatic rings. The van der Waals surface area contributed by atoms with Crippen LogP contribution >= 0.6 is 0 Å². The summed E-state index contributed by atoms with van der Waals surface area (Å²) in [5.41, 5.74) is 0. The number of rotatable bonds is 11. The van der Waals surface area contributed by atoms with E-state index in [0.717, 1.165) is 12.5 Å². The molecule has 0 amide bonds. The van der Waals surface area contributed by atoms with Crippen LogP contribution in [0.2, 0.25) is 0 Å². The Morgan fingerprint density at radius 3 is 2.06 bits per heavy atom. The fourth-order valence-electron chi connectivity index (χ4n) is 1.94. The van der Waals surface area contributed by atoms with Crippen molar-refractivity contribution in [3.63, 3.8) is 0 Å². The summed E-state index contributed by atoms with van der Waals surface area (Å²) in [4.78, 5) is 2.60. The Kier molecular flexibility index (Phi) is 11.3. The molecule has 0 aliphatic carbocycles. The van der Waals surface area contributed by atoms with Crippen molar-refractivity contribution in [3.8, 4) is 0 Å². The van der Waals surface area contributed by atoms with Crippen LogP contribution in [0.3, 0.4) is 0 Å². The van der Waals surface area contributed by atoms with Gasteiger partial charge in [-0.1, -0.05) is 27.7 Å². The van der Waals surface area contributed by atoms with Gasteiger partial charge in [-0.15, -0.1) is 0 Å². The van der Waals surface area contributed by atoms with E-state index in [1.54, 1.807) is 0 Å². The molecule has 0 unspecified atom stereocenters. The summed E-state index contributed by atoms with van der Waals surface area (Å²) < 4.78 is 0. The topological polar surface area (TPSA) is 15.3 Å². The molecular formula is C14H32N2. The van der Waals surface area contributed by atoms with Crippen LogP contribution in [-0.4, -0.2) is 37.6 Å². The second kappa shape index (κ2) is 11.4. The molecule has 16 heavy (non-hydrogen) atoms. The summed E-state index contributed by atoms with van der Waals surface area (Å²) in [7, 11) is 0. The zero-order valence-corrected chi connectivity index (χ0v) is 11.9. The lowest BCUT2D eigenvalue weighted by molar-refractivity contribution is 0.268. The predicted octanol–water partition coefficient (Wildman–Crippen LogP) is 3.13. The van der Waals surface area contributed by atoms with E-state index in [9.17, 15) is 0 Å². The molecule has 0 heterocycles. The van der Waals surface area contributed by atoms with Crippen molar-refractivity contribution in [2.24, 2.45) is 5.92 Å². The van der Waals surface area contributed by atoms with Gasteiger partial charge in [-0.25, -0.2) is 0 Å². The number of hydrogen-bond acceptors (Lipinski definition) is 2. The van der Waals surface area contributed by atoms with Crippen molar-refractivity contribution in [3.05, 3.63) is 0 Å². The van der Waals surface area contributed by atoms with Crippen LogP contribution in [0, 0.1) is 5.92 Å². The van der Waals surface area contributed by atoms with Crippen LogP contribution in [0.15, 0.2) is 0 Å². The van der Waals surface area contributed by atoms with Crippen molar-refractivity contribution in [2.45, 2.75) is 53.4 Å². The molecule has 1 N–H and O–H groups in total. The molecule has 0 saturated carbocycles. The summed E-state index contributed by atoms with van der Waals surface area (Å²) in [6, 6.07) is 0. The first-order valence-corrected chi connectivity index (χ1v) is 7.13. The standard InChI is InChI=1S/C14H32N2/c1-5-10-16(11-6-2)12-8-7-9-15-13-14(3)4/h14-15H,5-13H2,1-4H3. The third-order valence-corrected chi connectivity index (χ3v) is 2.71. The zero-order valence-electron chi connectivity index (χ0n) is 11.9. The van der Waals surface area contributed by atoms with Crippen LogP contribution in [0.25, 0.3) is 0 Å². The first-order chi connectivity index (χ1) is 7.70. The van der Waals surface area contributed by atoms with Crippen LogP contribution in [0.5, 0.6) is 0 Å². The molecule has 0 saturated heterocycles. The summed E-state index contributed by atoms with van der Waals surface area (Å²) in [5, 5.41) is 3.50. The Morgan fingerprint density at radius 1 is 0.938 bits per heavy atom. The Labute approximate surface area is 103 Å². The zero-order chi connectivity index (χ0) is 12.2. The van der Waals surface area contributed by atoms with E-state index in [2.05, 4.69) is 37.9 Å². The highest BCUT2D eigenvalue weighted by Crippen LogP contribution is 1.98. The van der Waals surface area contributed by atoms with Crippen LogP contribution < -0.4 is 5.32 Å². The maximum Gasteiger partial charge on any atom is -0.00183 e. The number of nitrogens with one attached hydrogen (secondary N) is 1. The van der Waals surface area contributed by atoms with Crippen LogP contribution in [0.1, 0.15) is 53.4 Å². The first-order valence-electron chi connectivity index (χ1n) is 7.13. The van der Waals surface area contributed by atoms with Gasteiger partial charge in [0.25, 0.3) is 0 Å². The van der Waals surface area contributed by atoms with E-state index in [1.807, 2.05) is 0 Å². The predicted molar refractivity (Wildman–Crippen MR) is 74.0 cm³/mol. The van der Waals surface area contributed by atoms with Gasteiger partial charge in [0.15, 0.2) is 0 Å². The molecule has 2 heteroatoms. The molecule has 0 fully saturated rings. The molecule has 0 bridgehead atoms. The lowest BCUT2D eigenvalue weighted by Crippen LogP contribution is -2.27. The minimum absolute atomic E-state index is 0.775. The molecule has 0 spiro atoms. The second-order valence-electron chi connectivity index (χ2n) is 5.15. The van der Waals surface area contributed by atoms with Gasteiger partial charge in [-0.05, 0) is 64.3 Å². The van der Waals surface area contributed by atoms with Crippen molar-refractivity contribution in [1.29, 1.82) is 0 Å². The van der Waals surface area contributed by atoms with Gasteiger partial charge < -0.3 is 10.2 Å². The van der Waals surface area contributed by atoms with Crippen molar-refractivity contribution in [2.75, 3.05) is 32.7 Å². The Balaban J connectivity index is 3.32. The van der Waals surface area contributed by atoms with Gasteiger partial charge in [0.05, 0.1) is 0 Å². The third kappa shape index (κ3) is 10.4.